The van der Waals surface area contributed by atoms with Gasteiger partial charge in [0.1, 0.15) is 0 Å². The Kier molecular flexibility index (Phi) is 4.37. The second-order valence-electron chi connectivity index (χ2n) is 2.71. The summed E-state index contributed by atoms with van der Waals surface area (Å²) in [4.78, 5) is 8.26. The Balaban J connectivity index is 2.58. The van der Waals surface area contributed by atoms with Crippen molar-refractivity contribution >= 4 is 28.5 Å². The molecule has 1 aromatic rings. The Morgan fingerprint density at radius 2 is 2.15 bits per heavy atom. The van der Waals surface area contributed by atoms with Gasteiger partial charge in [-0.25, -0.2) is 9.97 Å². The van der Waals surface area contributed by atoms with Crippen molar-refractivity contribution in [3.63, 3.8) is 0 Å². The van der Waals surface area contributed by atoms with E-state index in [2.05, 4.69) is 44.8 Å². The molecule has 0 radical (unpaired) electrons. The third-order valence-electron chi connectivity index (χ3n) is 1.73. The van der Waals surface area contributed by atoms with E-state index in [-0.39, 0.29) is 6.04 Å². The summed E-state index contributed by atoms with van der Waals surface area (Å²) < 4.78 is 1.03. The van der Waals surface area contributed by atoms with Crippen LogP contribution >= 0.6 is 22.6 Å². The number of anilines is 1. The summed E-state index contributed by atoms with van der Waals surface area (Å²) in [5.74, 6) is 0.651. The maximum absolute atomic E-state index is 5.54. The number of nitrogens with one attached hydrogen (secondary N) is 1. The van der Waals surface area contributed by atoms with Crippen LogP contribution in [-0.4, -0.2) is 22.6 Å². The first-order chi connectivity index (χ1) is 6.26. The van der Waals surface area contributed by atoms with Crippen molar-refractivity contribution in [2.24, 2.45) is 5.73 Å². The summed E-state index contributed by atoms with van der Waals surface area (Å²) in [6.07, 6.45) is 4.53. The minimum atomic E-state index is 0.264. The molecule has 1 atom stereocenters. The molecule has 0 aromatic carbocycles. The topological polar surface area (TPSA) is 63.8 Å². The van der Waals surface area contributed by atoms with Gasteiger partial charge in [0, 0.05) is 28.6 Å². The fraction of sp³-hybridized carbons (Fsp3) is 0.500. The van der Waals surface area contributed by atoms with E-state index in [9.17, 15) is 0 Å². The summed E-state index contributed by atoms with van der Waals surface area (Å²) >= 11 is 2.17. The number of rotatable bonds is 4. The maximum atomic E-state index is 5.54. The molecular weight excluding hydrogens is 279 g/mol. The minimum absolute atomic E-state index is 0.264. The van der Waals surface area contributed by atoms with Gasteiger partial charge < -0.3 is 11.1 Å². The van der Waals surface area contributed by atoms with Crippen molar-refractivity contribution < 1.29 is 0 Å². The Bertz CT molecular complexity index is 245. The summed E-state index contributed by atoms with van der Waals surface area (Å²) in [6.45, 7) is 2.68. The second-order valence-corrected chi connectivity index (χ2v) is 3.96. The van der Waals surface area contributed by atoms with E-state index in [4.69, 9.17) is 5.73 Å². The Hall–Kier alpha value is -0.430. The molecule has 0 aliphatic carbocycles. The van der Waals surface area contributed by atoms with Crippen LogP contribution in [0.4, 0.5) is 5.95 Å². The van der Waals surface area contributed by atoms with Gasteiger partial charge >= 0.3 is 0 Å². The second kappa shape index (κ2) is 5.33. The predicted molar refractivity (Wildman–Crippen MR) is 61.5 cm³/mol. The van der Waals surface area contributed by atoms with E-state index in [0.717, 1.165) is 9.99 Å². The highest BCUT2D eigenvalue weighted by Gasteiger charge is 2.04. The van der Waals surface area contributed by atoms with Crippen LogP contribution in [0.15, 0.2) is 12.4 Å². The first-order valence-corrected chi connectivity index (χ1v) is 5.28. The van der Waals surface area contributed by atoms with E-state index in [1.807, 2.05) is 0 Å². The van der Waals surface area contributed by atoms with Crippen LogP contribution in [0.1, 0.15) is 13.3 Å². The summed E-state index contributed by atoms with van der Waals surface area (Å²) in [6, 6.07) is 0.264. The van der Waals surface area contributed by atoms with Crippen LogP contribution in [0.5, 0.6) is 0 Å². The molecule has 1 unspecified atom stereocenters. The first-order valence-electron chi connectivity index (χ1n) is 4.20. The van der Waals surface area contributed by atoms with Crippen LogP contribution in [0.3, 0.4) is 0 Å². The Morgan fingerprint density at radius 1 is 1.54 bits per heavy atom. The molecule has 1 aromatic heterocycles. The van der Waals surface area contributed by atoms with Crippen molar-refractivity contribution in [3.05, 3.63) is 16.0 Å². The van der Waals surface area contributed by atoms with E-state index in [1.165, 1.54) is 0 Å². The van der Waals surface area contributed by atoms with E-state index in [0.29, 0.717) is 12.5 Å². The molecule has 13 heavy (non-hydrogen) atoms. The molecule has 4 nitrogen and oxygen atoms in total. The molecule has 0 amide bonds. The molecule has 1 rings (SSSR count). The zero-order valence-electron chi connectivity index (χ0n) is 7.50. The Labute approximate surface area is 91.5 Å². The number of hydrogen-bond donors (Lipinski definition) is 2. The van der Waals surface area contributed by atoms with Crippen molar-refractivity contribution in [2.45, 2.75) is 19.4 Å². The van der Waals surface area contributed by atoms with Gasteiger partial charge in [-0.2, -0.15) is 0 Å². The quantitative estimate of drug-likeness (QED) is 0.819. The fourth-order valence-corrected chi connectivity index (χ4v) is 1.18. The highest BCUT2D eigenvalue weighted by atomic mass is 127. The molecule has 0 saturated heterocycles. The largest absolute Gasteiger partial charge is 0.350 e. The van der Waals surface area contributed by atoms with Gasteiger partial charge in [0.15, 0.2) is 0 Å². The smallest absolute Gasteiger partial charge is 0.222 e. The average molecular weight is 292 g/mol. The number of nitrogens with two attached hydrogens (primary N) is 1. The number of halogens is 1. The van der Waals surface area contributed by atoms with Gasteiger partial charge in [-0.05, 0) is 29.0 Å². The zero-order chi connectivity index (χ0) is 9.68. The lowest BCUT2D eigenvalue weighted by molar-refractivity contribution is 0.695. The summed E-state index contributed by atoms with van der Waals surface area (Å²) in [5.41, 5.74) is 5.54. The highest BCUT2D eigenvalue weighted by Crippen LogP contribution is 2.04. The van der Waals surface area contributed by atoms with Gasteiger partial charge in [-0.1, -0.05) is 6.92 Å². The summed E-state index contributed by atoms with van der Waals surface area (Å²) in [5, 5.41) is 3.16. The lowest BCUT2D eigenvalue weighted by Gasteiger charge is -2.13. The molecule has 5 heteroatoms. The van der Waals surface area contributed by atoms with Crippen molar-refractivity contribution in [1.29, 1.82) is 0 Å². The van der Waals surface area contributed by atoms with Crippen molar-refractivity contribution in [3.8, 4) is 0 Å². The monoisotopic (exact) mass is 292 g/mol. The zero-order valence-corrected chi connectivity index (χ0v) is 9.65. The summed E-state index contributed by atoms with van der Waals surface area (Å²) in [7, 11) is 0. The fourth-order valence-electron chi connectivity index (χ4n) is 0.897. The van der Waals surface area contributed by atoms with Crippen LogP contribution < -0.4 is 11.1 Å². The lowest BCUT2D eigenvalue weighted by atomic mass is 10.2. The third kappa shape index (κ3) is 3.43. The molecule has 0 aliphatic heterocycles. The molecule has 0 aliphatic rings. The molecule has 1 heterocycles. The van der Waals surface area contributed by atoms with Crippen LogP contribution in [0.2, 0.25) is 0 Å². The van der Waals surface area contributed by atoms with Crippen molar-refractivity contribution in [1.82, 2.24) is 9.97 Å². The van der Waals surface area contributed by atoms with Gasteiger partial charge in [0.2, 0.25) is 5.95 Å². The Morgan fingerprint density at radius 3 is 2.62 bits per heavy atom. The molecule has 0 spiro atoms. The molecule has 0 fully saturated rings. The molecular formula is C8H13IN4. The van der Waals surface area contributed by atoms with Gasteiger partial charge in [-0.3, -0.25) is 0 Å². The number of hydrogen-bond acceptors (Lipinski definition) is 4. The van der Waals surface area contributed by atoms with E-state index in [1.54, 1.807) is 12.4 Å². The first kappa shape index (κ1) is 10.6. The highest BCUT2D eigenvalue weighted by molar-refractivity contribution is 14.1. The van der Waals surface area contributed by atoms with Gasteiger partial charge in [0.25, 0.3) is 0 Å². The normalized spacial score (nSPS) is 12.5. The van der Waals surface area contributed by atoms with Crippen molar-refractivity contribution in [2.75, 3.05) is 11.9 Å². The van der Waals surface area contributed by atoms with E-state index < -0.39 is 0 Å². The molecule has 0 saturated carbocycles. The molecule has 3 N–H and O–H groups in total. The number of aromatic nitrogens is 2. The number of nitrogens with zero attached hydrogens (tertiary/aromatic N) is 2. The van der Waals surface area contributed by atoms with Crippen LogP contribution in [0, 0.1) is 3.57 Å². The van der Waals surface area contributed by atoms with Crippen LogP contribution in [0.25, 0.3) is 0 Å². The minimum Gasteiger partial charge on any atom is -0.350 e. The predicted octanol–water partition coefficient (Wildman–Crippen LogP) is 1.23. The molecule has 0 bridgehead atoms. The van der Waals surface area contributed by atoms with E-state index >= 15 is 0 Å². The van der Waals surface area contributed by atoms with Gasteiger partial charge in [0.05, 0.1) is 0 Å². The molecule has 72 valence electrons. The average Bonchev–Trinajstić information content (AvgIpc) is 2.17. The van der Waals surface area contributed by atoms with Gasteiger partial charge in [-0.15, -0.1) is 0 Å². The van der Waals surface area contributed by atoms with Crippen LogP contribution in [-0.2, 0) is 0 Å². The maximum Gasteiger partial charge on any atom is 0.222 e. The third-order valence-corrected chi connectivity index (χ3v) is 2.29. The standard InChI is InChI=1S/C8H13IN4/c1-2-7(3-10)13-8-11-4-6(9)5-12-8/h4-5,7H,2-3,10H2,1H3,(H,11,12,13). The lowest BCUT2D eigenvalue weighted by Crippen LogP contribution is -2.28. The SMILES string of the molecule is CCC(CN)Nc1ncc(I)cn1.